The van der Waals surface area contributed by atoms with Crippen LogP contribution in [0, 0.1) is 5.41 Å². The average Bonchev–Trinajstić information content (AvgIpc) is 2.21. The maximum Gasteiger partial charge on any atom is 0.138 e. The zero-order valence-corrected chi connectivity index (χ0v) is 11.0. The second-order valence-corrected chi connectivity index (χ2v) is 5.64. The minimum absolute atomic E-state index is 0.0313. The van der Waals surface area contributed by atoms with Gasteiger partial charge in [-0.1, -0.05) is 47.1 Å². The van der Waals surface area contributed by atoms with Gasteiger partial charge in [0.05, 0.1) is 5.69 Å². The number of phenols is 1. The Kier molecular flexibility index (Phi) is 3.22. The van der Waals surface area contributed by atoms with Gasteiger partial charge in [0.15, 0.2) is 0 Å². The Hall–Kier alpha value is -1.18. The summed E-state index contributed by atoms with van der Waals surface area (Å²) in [6, 6.07) is 5.52. The van der Waals surface area contributed by atoms with Gasteiger partial charge in [0.2, 0.25) is 0 Å². The summed E-state index contributed by atoms with van der Waals surface area (Å²) in [5.74, 6) is 0.161. The lowest BCUT2D eigenvalue weighted by Crippen LogP contribution is -2.36. The molecule has 0 unspecified atom stereocenters. The number of nitrogen functional groups attached to an aromatic ring is 1. The molecule has 1 rings (SSSR count). The molecule has 0 aliphatic heterocycles. The highest BCUT2D eigenvalue weighted by Gasteiger charge is 2.36. The predicted octanol–water partition coefficient (Wildman–Crippen LogP) is 3.69. The van der Waals surface area contributed by atoms with Gasteiger partial charge in [-0.3, -0.25) is 0 Å². The molecular weight excluding hydrogens is 198 g/mol. The lowest BCUT2D eigenvalue weighted by Gasteiger charge is -2.42. The lowest BCUT2D eigenvalue weighted by molar-refractivity contribution is 0.189. The van der Waals surface area contributed by atoms with Gasteiger partial charge in [0.25, 0.3) is 0 Å². The van der Waals surface area contributed by atoms with E-state index in [0.717, 1.165) is 6.42 Å². The third-order valence-corrected chi connectivity index (χ3v) is 4.33. The Labute approximate surface area is 98.5 Å². The van der Waals surface area contributed by atoms with Gasteiger partial charge in [-0.15, -0.1) is 0 Å². The highest BCUT2D eigenvalue weighted by Crippen LogP contribution is 2.44. The molecule has 90 valence electrons. The van der Waals surface area contributed by atoms with E-state index in [9.17, 15) is 5.11 Å². The van der Waals surface area contributed by atoms with E-state index in [-0.39, 0.29) is 16.6 Å². The summed E-state index contributed by atoms with van der Waals surface area (Å²) in [5.41, 5.74) is 7.61. The molecule has 2 nitrogen and oxygen atoms in total. The van der Waals surface area contributed by atoms with Crippen molar-refractivity contribution < 1.29 is 5.11 Å². The summed E-state index contributed by atoms with van der Waals surface area (Å²) in [7, 11) is 0. The van der Waals surface area contributed by atoms with Crippen molar-refractivity contribution in [2.24, 2.45) is 5.41 Å². The van der Waals surface area contributed by atoms with Crippen molar-refractivity contribution in [1.82, 2.24) is 0 Å². The van der Waals surface area contributed by atoms with E-state index in [1.165, 1.54) is 5.56 Å². The van der Waals surface area contributed by atoms with E-state index in [4.69, 9.17) is 5.73 Å². The molecule has 16 heavy (non-hydrogen) atoms. The fourth-order valence-electron chi connectivity index (χ4n) is 1.78. The molecule has 0 saturated heterocycles. The smallest absolute Gasteiger partial charge is 0.138 e. The third-order valence-electron chi connectivity index (χ3n) is 4.33. The molecule has 2 heteroatoms. The fraction of sp³-hybridized carbons (Fsp3) is 0.571. The van der Waals surface area contributed by atoms with Gasteiger partial charge >= 0.3 is 0 Å². The SMILES string of the molecule is CCC(C)(C)C(C)(C)c1ccc(O)c(N)c1. The zero-order valence-electron chi connectivity index (χ0n) is 11.0. The van der Waals surface area contributed by atoms with Crippen LogP contribution in [-0.4, -0.2) is 5.11 Å². The van der Waals surface area contributed by atoms with E-state index >= 15 is 0 Å². The second kappa shape index (κ2) is 4.00. The standard InChI is InChI=1S/C14H23NO/c1-6-13(2,3)14(4,5)10-7-8-12(16)11(15)9-10/h7-9,16H,6,15H2,1-5H3. The molecule has 0 radical (unpaired) electrons. The number of anilines is 1. The normalized spacial score (nSPS) is 12.8. The molecule has 1 aromatic carbocycles. The summed E-state index contributed by atoms with van der Waals surface area (Å²) in [6.07, 6.45) is 1.10. The van der Waals surface area contributed by atoms with Gasteiger partial charge < -0.3 is 10.8 Å². The molecule has 3 N–H and O–H groups in total. The molecular formula is C14H23NO. The molecule has 1 aromatic rings. The van der Waals surface area contributed by atoms with Crippen LogP contribution in [0.15, 0.2) is 18.2 Å². The summed E-state index contributed by atoms with van der Waals surface area (Å²) >= 11 is 0. The highest BCUT2D eigenvalue weighted by atomic mass is 16.3. The second-order valence-electron chi connectivity index (χ2n) is 5.64. The first-order valence-corrected chi connectivity index (χ1v) is 5.81. The first kappa shape index (κ1) is 12.9. The van der Waals surface area contributed by atoms with Crippen LogP contribution in [0.4, 0.5) is 5.69 Å². The molecule has 0 amide bonds. The van der Waals surface area contributed by atoms with Crippen molar-refractivity contribution in [1.29, 1.82) is 0 Å². The summed E-state index contributed by atoms with van der Waals surface area (Å²) in [5, 5.41) is 9.44. The summed E-state index contributed by atoms with van der Waals surface area (Å²) in [4.78, 5) is 0. The maximum atomic E-state index is 9.44. The van der Waals surface area contributed by atoms with Crippen molar-refractivity contribution in [2.45, 2.75) is 46.5 Å². The van der Waals surface area contributed by atoms with Crippen LogP contribution in [0.2, 0.25) is 0 Å². The van der Waals surface area contributed by atoms with E-state index < -0.39 is 0 Å². The number of rotatable bonds is 3. The Balaban J connectivity index is 3.22. The summed E-state index contributed by atoms with van der Waals surface area (Å²) < 4.78 is 0. The van der Waals surface area contributed by atoms with Gasteiger partial charge in [0.1, 0.15) is 5.75 Å². The van der Waals surface area contributed by atoms with Crippen molar-refractivity contribution in [3.63, 3.8) is 0 Å². The molecule has 0 aliphatic rings. The molecule has 0 saturated carbocycles. The monoisotopic (exact) mass is 221 g/mol. The molecule has 0 spiro atoms. The predicted molar refractivity (Wildman–Crippen MR) is 69.6 cm³/mol. The first-order valence-electron chi connectivity index (χ1n) is 5.81. The van der Waals surface area contributed by atoms with Crippen molar-refractivity contribution in [2.75, 3.05) is 5.73 Å². The van der Waals surface area contributed by atoms with Crippen LogP contribution in [0.1, 0.15) is 46.6 Å². The molecule has 0 aromatic heterocycles. The number of hydrogen-bond acceptors (Lipinski definition) is 2. The van der Waals surface area contributed by atoms with Crippen molar-refractivity contribution in [3.8, 4) is 5.75 Å². The van der Waals surface area contributed by atoms with Gasteiger partial charge in [0, 0.05) is 0 Å². The van der Waals surface area contributed by atoms with Crippen LogP contribution in [0.25, 0.3) is 0 Å². The van der Waals surface area contributed by atoms with Crippen LogP contribution in [0.3, 0.4) is 0 Å². The van der Waals surface area contributed by atoms with Crippen molar-refractivity contribution >= 4 is 5.69 Å². The van der Waals surface area contributed by atoms with Crippen LogP contribution < -0.4 is 5.73 Å². The molecule has 0 fully saturated rings. The van der Waals surface area contributed by atoms with Gasteiger partial charge in [-0.05, 0) is 28.5 Å². The summed E-state index contributed by atoms with van der Waals surface area (Å²) in [6.45, 7) is 11.2. The Morgan fingerprint density at radius 1 is 1.19 bits per heavy atom. The lowest BCUT2D eigenvalue weighted by atomic mass is 9.63. The highest BCUT2D eigenvalue weighted by molar-refractivity contribution is 5.54. The van der Waals surface area contributed by atoms with E-state index in [0.29, 0.717) is 5.69 Å². The number of hydrogen-bond donors (Lipinski definition) is 2. The van der Waals surface area contributed by atoms with Crippen LogP contribution in [-0.2, 0) is 5.41 Å². The van der Waals surface area contributed by atoms with Crippen molar-refractivity contribution in [3.05, 3.63) is 23.8 Å². The molecule has 0 heterocycles. The van der Waals surface area contributed by atoms with Crippen LogP contribution >= 0.6 is 0 Å². The van der Waals surface area contributed by atoms with Crippen LogP contribution in [0.5, 0.6) is 5.75 Å². The maximum absolute atomic E-state index is 9.44. The molecule has 0 bridgehead atoms. The molecule has 0 atom stereocenters. The van der Waals surface area contributed by atoms with E-state index in [2.05, 4.69) is 34.6 Å². The zero-order chi connectivity index (χ0) is 12.6. The minimum atomic E-state index is 0.0313. The quantitative estimate of drug-likeness (QED) is 0.604. The average molecular weight is 221 g/mol. The fourth-order valence-corrected chi connectivity index (χ4v) is 1.78. The van der Waals surface area contributed by atoms with E-state index in [1.54, 1.807) is 6.07 Å². The number of aromatic hydroxyl groups is 1. The number of phenolic OH excluding ortho intramolecular Hbond substituents is 1. The van der Waals surface area contributed by atoms with Gasteiger partial charge in [-0.25, -0.2) is 0 Å². The molecule has 0 aliphatic carbocycles. The minimum Gasteiger partial charge on any atom is -0.506 e. The first-order chi connectivity index (χ1) is 7.22. The topological polar surface area (TPSA) is 46.2 Å². The number of nitrogens with two attached hydrogens (primary N) is 1. The Bertz CT molecular complexity index is 380. The largest absolute Gasteiger partial charge is 0.506 e. The number of benzene rings is 1. The Morgan fingerprint density at radius 2 is 1.75 bits per heavy atom. The Morgan fingerprint density at radius 3 is 2.19 bits per heavy atom. The van der Waals surface area contributed by atoms with E-state index in [1.807, 2.05) is 12.1 Å². The third kappa shape index (κ3) is 2.01. The van der Waals surface area contributed by atoms with Gasteiger partial charge in [-0.2, -0.15) is 0 Å².